The van der Waals surface area contributed by atoms with Crippen molar-refractivity contribution in [3.63, 3.8) is 0 Å². The molecular formula is C19H36N2O3S. The number of hydrogen-bond acceptors (Lipinski definition) is 5. The molecule has 0 aromatic heterocycles. The maximum atomic E-state index is 11.4. The van der Waals surface area contributed by atoms with Gasteiger partial charge < -0.3 is 16.2 Å². The van der Waals surface area contributed by atoms with Crippen LogP contribution in [0.1, 0.15) is 66.2 Å². The molecule has 0 heterocycles. The van der Waals surface area contributed by atoms with E-state index >= 15 is 0 Å². The predicted octanol–water partition coefficient (Wildman–Crippen LogP) is 3.58. The van der Waals surface area contributed by atoms with Crippen LogP contribution in [0.4, 0.5) is 0 Å². The summed E-state index contributed by atoms with van der Waals surface area (Å²) in [7, 11) is 0. The summed E-state index contributed by atoms with van der Waals surface area (Å²) in [5, 5.41) is 12.5. The maximum absolute atomic E-state index is 11.4. The molecule has 2 atom stereocenters. The summed E-state index contributed by atoms with van der Waals surface area (Å²) in [6.45, 7) is 8.71. The van der Waals surface area contributed by atoms with Crippen LogP contribution in [-0.4, -0.2) is 41.0 Å². The monoisotopic (exact) mass is 372 g/mol. The zero-order valence-electron chi connectivity index (χ0n) is 16.3. The molecule has 0 rings (SSSR count). The van der Waals surface area contributed by atoms with Crippen molar-refractivity contribution in [3.05, 3.63) is 11.8 Å². The highest BCUT2D eigenvalue weighted by Crippen LogP contribution is 2.26. The third kappa shape index (κ3) is 11.3. The molecule has 146 valence electrons. The second kappa shape index (κ2) is 13.2. The van der Waals surface area contributed by atoms with Crippen LogP contribution in [0.2, 0.25) is 0 Å². The van der Waals surface area contributed by atoms with Crippen LogP contribution in [0.15, 0.2) is 11.8 Å². The van der Waals surface area contributed by atoms with E-state index in [2.05, 4.69) is 26.1 Å². The first-order valence-electron chi connectivity index (χ1n) is 9.26. The Morgan fingerprint density at radius 3 is 2.52 bits per heavy atom. The molecule has 0 saturated heterocycles. The second-order valence-electron chi connectivity index (χ2n) is 6.98. The van der Waals surface area contributed by atoms with Gasteiger partial charge in [-0.3, -0.25) is 4.79 Å². The normalized spacial score (nSPS) is 15.5. The maximum Gasteiger partial charge on any atom is 0.351 e. The Balaban J connectivity index is 4.16. The summed E-state index contributed by atoms with van der Waals surface area (Å²) in [5.74, 6) is 0.723. The van der Waals surface area contributed by atoms with E-state index < -0.39 is 5.97 Å². The topological polar surface area (TPSA) is 92.4 Å². The minimum absolute atomic E-state index is 0.0229. The SMILES string of the molecule is CCCC(C)(CC)CN/C(=C\CCCCSC[C@H](N)C(C)=O)C(=O)O. The largest absolute Gasteiger partial charge is 0.477 e. The lowest BCUT2D eigenvalue weighted by Crippen LogP contribution is -2.33. The molecule has 0 radical (unpaired) electrons. The highest BCUT2D eigenvalue weighted by atomic mass is 32.2. The molecule has 0 aromatic carbocycles. The van der Waals surface area contributed by atoms with Crippen LogP contribution >= 0.6 is 11.8 Å². The Labute approximate surface area is 157 Å². The standard InChI is InChI=1S/C19H36N2O3S/c1-5-11-19(4,6-2)14-21-17(18(23)24)10-8-7-9-12-25-13-16(20)15(3)22/h10,16,21H,5-9,11-14,20H2,1-4H3,(H,23,24)/b17-10-/t16-,19?/m0/s1. The lowest BCUT2D eigenvalue weighted by atomic mass is 9.83. The molecule has 0 aliphatic carbocycles. The van der Waals surface area contributed by atoms with Gasteiger partial charge in [0.05, 0.1) is 6.04 Å². The smallest absolute Gasteiger partial charge is 0.351 e. The lowest BCUT2D eigenvalue weighted by Gasteiger charge is -2.28. The highest BCUT2D eigenvalue weighted by molar-refractivity contribution is 7.99. The van der Waals surface area contributed by atoms with E-state index in [1.807, 2.05) is 0 Å². The fourth-order valence-electron chi connectivity index (χ4n) is 2.46. The van der Waals surface area contributed by atoms with E-state index in [9.17, 15) is 14.7 Å². The summed E-state index contributed by atoms with van der Waals surface area (Å²) >= 11 is 1.68. The number of carboxylic acids is 1. The molecule has 0 amide bonds. The molecule has 0 bridgehead atoms. The Bertz CT molecular complexity index is 440. The third-order valence-corrected chi connectivity index (χ3v) is 5.73. The van der Waals surface area contributed by atoms with Gasteiger partial charge in [-0.25, -0.2) is 4.79 Å². The molecule has 1 unspecified atom stereocenters. The Morgan fingerprint density at radius 1 is 1.32 bits per heavy atom. The van der Waals surface area contributed by atoms with Crippen molar-refractivity contribution >= 4 is 23.5 Å². The number of nitrogens with one attached hydrogen (secondary N) is 1. The van der Waals surface area contributed by atoms with Crippen molar-refractivity contribution < 1.29 is 14.7 Å². The average Bonchev–Trinajstić information content (AvgIpc) is 2.56. The van der Waals surface area contributed by atoms with Gasteiger partial charge in [-0.05, 0) is 50.2 Å². The second-order valence-corrected chi connectivity index (χ2v) is 8.13. The van der Waals surface area contributed by atoms with Crippen LogP contribution in [0.5, 0.6) is 0 Å². The quantitative estimate of drug-likeness (QED) is 0.300. The number of carbonyl (C=O) groups is 2. The number of thioether (sulfide) groups is 1. The van der Waals surface area contributed by atoms with E-state index in [1.165, 1.54) is 6.92 Å². The average molecular weight is 373 g/mol. The van der Waals surface area contributed by atoms with Crippen molar-refractivity contribution in [2.24, 2.45) is 11.1 Å². The molecule has 0 aromatic rings. The Hall–Kier alpha value is -1.01. The number of carbonyl (C=O) groups excluding carboxylic acids is 1. The first kappa shape index (κ1) is 24.0. The fraction of sp³-hybridized carbons (Fsp3) is 0.789. The van der Waals surface area contributed by atoms with E-state index in [-0.39, 0.29) is 17.2 Å². The molecular weight excluding hydrogens is 336 g/mol. The van der Waals surface area contributed by atoms with Gasteiger partial charge in [0.2, 0.25) is 0 Å². The zero-order chi connectivity index (χ0) is 19.3. The number of ketones is 1. The van der Waals surface area contributed by atoms with Gasteiger partial charge in [0.25, 0.3) is 0 Å². The number of rotatable bonds is 15. The molecule has 5 nitrogen and oxygen atoms in total. The number of unbranched alkanes of at least 4 members (excludes halogenated alkanes) is 2. The molecule has 6 heteroatoms. The van der Waals surface area contributed by atoms with Gasteiger partial charge in [0.1, 0.15) is 11.5 Å². The van der Waals surface area contributed by atoms with Crippen molar-refractivity contribution in [1.82, 2.24) is 5.32 Å². The van der Waals surface area contributed by atoms with Crippen molar-refractivity contribution in [1.29, 1.82) is 0 Å². The van der Waals surface area contributed by atoms with Crippen molar-refractivity contribution in [2.75, 3.05) is 18.1 Å². The Morgan fingerprint density at radius 2 is 2.00 bits per heavy atom. The summed E-state index contributed by atoms with van der Waals surface area (Å²) in [4.78, 5) is 22.4. The van der Waals surface area contributed by atoms with E-state index in [4.69, 9.17) is 5.73 Å². The number of Topliss-reactive ketones (excluding diaryl/α,β-unsaturated/α-hetero) is 1. The zero-order valence-corrected chi connectivity index (χ0v) is 17.1. The van der Waals surface area contributed by atoms with Crippen LogP contribution in [0, 0.1) is 5.41 Å². The molecule has 0 fully saturated rings. The van der Waals surface area contributed by atoms with Crippen molar-refractivity contribution in [2.45, 2.75) is 72.3 Å². The van der Waals surface area contributed by atoms with Crippen LogP contribution in [0.25, 0.3) is 0 Å². The minimum atomic E-state index is -0.892. The first-order valence-corrected chi connectivity index (χ1v) is 10.4. The molecule has 0 aliphatic heterocycles. The van der Waals surface area contributed by atoms with Gasteiger partial charge in [-0.15, -0.1) is 0 Å². The van der Waals surface area contributed by atoms with Crippen LogP contribution in [-0.2, 0) is 9.59 Å². The van der Waals surface area contributed by atoms with Gasteiger partial charge >= 0.3 is 5.97 Å². The summed E-state index contributed by atoms with van der Waals surface area (Å²) in [6.07, 6.45) is 7.66. The number of nitrogens with two attached hydrogens (primary N) is 1. The van der Waals surface area contributed by atoms with Gasteiger partial charge in [-0.2, -0.15) is 11.8 Å². The Kier molecular flexibility index (Phi) is 12.7. The van der Waals surface area contributed by atoms with Crippen molar-refractivity contribution in [3.8, 4) is 0 Å². The lowest BCUT2D eigenvalue weighted by molar-refractivity contribution is -0.133. The molecule has 0 saturated carbocycles. The number of hydrogen-bond donors (Lipinski definition) is 3. The summed E-state index contributed by atoms with van der Waals surface area (Å²) < 4.78 is 0. The minimum Gasteiger partial charge on any atom is -0.477 e. The summed E-state index contributed by atoms with van der Waals surface area (Å²) in [6, 6.07) is -0.372. The summed E-state index contributed by atoms with van der Waals surface area (Å²) in [5.41, 5.74) is 6.12. The van der Waals surface area contributed by atoms with Crippen LogP contribution < -0.4 is 11.1 Å². The van der Waals surface area contributed by atoms with Crippen LogP contribution in [0.3, 0.4) is 0 Å². The molecule has 0 aliphatic rings. The number of aliphatic carboxylic acids is 1. The number of allylic oxidation sites excluding steroid dienone is 1. The molecule has 25 heavy (non-hydrogen) atoms. The fourth-order valence-corrected chi connectivity index (χ4v) is 3.52. The van der Waals surface area contributed by atoms with Gasteiger partial charge in [0, 0.05) is 12.3 Å². The van der Waals surface area contributed by atoms with Gasteiger partial charge in [0.15, 0.2) is 0 Å². The molecule has 4 N–H and O–H groups in total. The highest BCUT2D eigenvalue weighted by Gasteiger charge is 2.21. The number of carboxylic acid groups (broad SMARTS) is 1. The van der Waals surface area contributed by atoms with E-state index in [1.54, 1.807) is 17.8 Å². The first-order chi connectivity index (χ1) is 11.8. The predicted molar refractivity (Wildman–Crippen MR) is 107 cm³/mol. The van der Waals surface area contributed by atoms with E-state index in [0.29, 0.717) is 18.0 Å². The third-order valence-electron chi connectivity index (χ3n) is 4.55. The van der Waals surface area contributed by atoms with Gasteiger partial charge in [-0.1, -0.05) is 33.3 Å². The molecule has 0 spiro atoms. The van der Waals surface area contributed by atoms with E-state index in [0.717, 1.165) is 44.3 Å².